The maximum atomic E-state index is 11.0. The highest BCUT2D eigenvalue weighted by Crippen LogP contribution is 2.11. The number of nitrogen functional groups attached to an aromatic ring is 1. The van der Waals surface area contributed by atoms with Crippen LogP contribution in [0, 0.1) is 6.92 Å². The topological polar surface area (TPSA) is 63.3 Å². The Labute approximate surface area is 70.8 Å². The Hall–Kier alpha value is -1.35. The van der Waals surface area contributed by atoms with Gasteiger partial charge < -0.3 is 10.8 Å². The molecule has 0 aliphatic heterocycles. The summed E-state index contributed by atoms with van der Waals surface area (Å²) in [4.78, 5) is 11.0. The normalized spacial score (nSPS) is 9.83. The highest BCUT2D eigenvalue weighted by molar-refractivity contribution is 5.97. The molecule has 3 heteroatoms. The van der Waals surface area contributed by atoms with Crippen molar-refractivity contribution in [2.75, 3.05) is 12.3 Å². The van der Waals surface area contributed by atoms with Gasteiger partial charge in [-0.15, -0.1) is 0 Å². The van der Waals surface area contributed by atoms with Crippen molar-refractivity contribution >= 4 is 11.5 Å². The van der Waals surface area contributed by atoms with Crippen LogP contribution in [0.3, 0.4) is 0 Å². The number of aryl methyl sites for hydroxylation is 1. The molecule has 3 nitrogen and oxygen atoms in total. The molecule has 0 aliphatic carbocycles. The first-order valence-corrected chi connectivity index (χ1v) is 3.64. The maximum absolute atomic E-state index is 11.0. The summed E-state index contributed by atoms with van der Waals surface area (Å²) >= 11 is 0. The average molecular weight is 165 g/mol. The van der Waals surface area contributed by atoms with E-state index in [1.165, 1.54) is 0 Å². The molecule has 0 bridgehead atoms. The van der Waals surface area contributed by atoms with E-state index in [2.05, 4.69) is 0 Å². The molecule has 3 N–H and O–H groups in total. The van der Waals surface area contributed by atoms with Crippen molar-refractivity contribution in [2.24, 2.45) is 0 Å². The summed E-state index contributed by atoms with van der Waals surface area (Å²) < 4.78 is 0. The lowest BCUT2D eigenvalue weighted by molar-refractivity contribution is 0.0903. The minimum atomic E-state index is -0.469. The van der Waals surface area contributed by atoms with Gasteiger partial charge in [0.05, 0.1) is 0 Å². The van der Waals surface area contributed by atoms with Crippen molar-refractivity contribution in [3.63, 3.8) is 0 Å². The second-order valence-electron chi connectivity index (χ2n) is 2.71. The first-order chi connectivity index (χ1) is 5.63. The number of carbonyl (C=O) groups excluding carboxylic acids is 1. The van der Waals surface area contributed by atoms with Crippen LogP contribution in [-0.4, -0.2) is 17.5 Å². The lowest BCUT2D eigenvalue weighted by Gasteiger charge is -2.01. The van der Waals surface area contributed by atoms with E-state index in [0.717, 1.165) is 5.56 Å². The molecule has 12 heavy (non-hydrogen) atoms. The standard InChI is InChI=1S/C9H11NO2/c1-6-2-7(9(12)5-11)4-8(10)3-6/h2-4,11H,5,10H2,1H3. The Bertz CT molecular complexity index is 287. The second kappa shape index (κ2) is 3.36. The van der Waals surface area contributed by atoms with Gasteiger partial charge in [-0.05, 0) is 30.7 Å². The molecule has 64 valence electrons. The van der Waals surface area contributed by atoms with E-state index < -0.39 is 6.61 Å². The Morgan fingerprint density at radius 1 is 1.50 bits per heavy atom. The number of ketones is 1. The van der Waals surface area contributed by atoms with Gasteiger partial charge in [-0.2, -0.15) is 0 Å². The lowest BCUT2D eigenvalue weighted by atomic mass is 10.1. The predicted octanol–water partition coefficient (Wildman–Crippen LogP) is 0.752. The Kier molecular flexibility index (Phi) is 2.45. The number of nitrogens with two attached hydrogens (primary N) is 1. The van der Waals surface area contributed by atoms with Crippen LogP contribution in [-0.2, 0) is 0 Å². The van der Waals surface area contributed by atoms with E-state index in [1.54, 1.807) is 18.2 Å². The fourth-order valence-corrected chi connectivity index (χ4v) is 1.07. The summed E-state index contributed by atoms with van der Waals surface area (Å²) in [7, 11) is 0. The number of hydrogen-bond donors (Lipinski definition) is 2. The molecule has 0 aliphatic rings. The van der Waals surface area contributed by atoms with Crippen LogP contribution in [0.25, 0.3) is 0 Å². The molecule has 0 atom stereocenters. The van der Waals surface area contributed by atoms with Gasteiger partial charge in [-0.25, -0.2) is 0 Å². The molecule has 1 rings (SSSR count). The SMILES string of the molecule is Cc1cc(N)cc(C(=O)CO)c1. The van der Waals surface area contributed by atoms with Crippen molar-refractivity contribution in [1.29, 1.82) is 0 Å². The number of Topliss-reactive ketones (excluding diaryl/α,β-unsaturated/α-hetero) is 1. The summed E-state index contributed by atoms with van der Waals surface area (Å²) in [5.41, 5.74) is 7.46. The number of anilines is 1. The Morgan fingerprint density at radius 2 is 2.17 bits per heavy atom. The van der Waals surface area contributed by atoms with Crippen molar-refractivity contribution in [3.05, 3.63) is 29.3 Å². The Morgan fingerprint density at radius 3 is 2.67 bits per heavy atom. The fraction of sp³-hybridized carbons (Fsp3) is 0.222. The van der Waals surface area contributed by atoms with E-state index in [-0.39, 0.29) is 5.78 Å². The molecular formula is C9H11NO2. The molecule has 0 unspecified atom stereocenters. The molecule has 0 saturated heterocycles. The summed E-state index contributed by atoms with van der Waals surface area (Å²) in [5, 5.41) is 8.58. The van der Waals surface area contributed by atoms with Crippen LogP contribution in [0.5, 0.6) is 0 Å². The molecule has 0 radical (unpaired) electrons. The van der Waals surface area contributed by atoms with Crippen LogP contribution in [0.1, 0.15) is 15.9 Å². The zero-order valence-corrected chi connectivity index (χ0v) is 6.87. The van der Waals surface area contributed by atoms with Crippen LogP contribution in [0.2, 0.25) is 0 Å². The van der Waals surface area contributed by atoms with Gasteiger partial charge in [0.2, 0.25) is 0 Å². The molecule has 0 spiro atoms. The van der Waals surface area contributed by atoms with Crippen LogP contribution >= 0.6 is 0 Å². The summed E-state index contributed by atoms with van der Waals surface area (Å²) in [5.74, 6) is -0.301. The van der Waals surface area contributed by atoms with E-state index in [1.807, 2.05) is 6.92 Å². The minimum absolute atomic E-state index is 0.301. The van der Waals surface area contributed by atoms with Crippen molar-refractivity contribution in [2.45, 2.75) is 6.92 Å². The van der Waals surface area contributed by atoms with Gasteiger partial charge in [0, 0.05) is 11.3 Å². The van der Waals surface area contributed by atoms with Gasteiger partial charge >= 0.3 is 0 Å². The first-order valence-electron chi connectivity index (χ1n) is 3.64. The Balaban J connectivity index is 3.08. The molecule has 1 aromatic carbocycles. The zero-order valence-electron chi connectivity index (χ0n) is 6.87. The molecule has 0 amide bonds. The minimum Gasteiger partial charge on any atom is -0.399 e. The van der Waals surface area contributed by atoms with Crippen LogP contribution in [0.4, 0.5) is 5.69 Å². The van der Waals surface area contributed by atoms with Crippen molar-refractivity contribution in [1.82, 2.24) is 0 Å². The summed E-state index contributed by atoms with van der Waals surface area (Å²) in [6, 6.07) is 5.04. The number of aliphatic hydroxyl groups excluding tert-OH is 1. The monoisotopic (exact) mass is 165 g/mol. The fourth-order valence-electron chi connectivity index (χ4n) is 1.07. The quantitative estimate of drug-likeness (QED) is 0.502. The molecule has 0 heterocycles. The third-order valence-corrected chi connectivity index (χ3v) is 1.57. The highest BCUT2D eigenvalue weighted by atomic mass is 16.3. The lowest BCUT2D eigenvalue weighted by Crippen LogP contribution is -2.05. The summed E-state index contributed by atoms with van der Waals surface area (Å²) in [6.45, 7) is 1.38. The number of benzene rings is 1. The average Bonchev–Trinajstić information content (AvgIpc) is 2.01. The number of rotatable bonds is 2. The zero-order chi connectivity index (χ0) is 9.14. The second-order valence-corrected chi connectivity index (χ2v) is 2.71. The summed E-state index contributed by atoms with van der Waals surface area (Å²) in [6.07, 6.45) is 0. The van der Waals surface area contributed by atoms with Gasteiger partial charge in [0.15, 0.2) is 5.78 Å². The van der Waals surface area contributed by atoms with Gasteiger partial charge in [-0.1, -0.05) is 0 Å². The first kappa shape index (κ1) is 8.74. The number of aliphatic hydroxyl groups is 1. The molecule has 0 aromatic heterocycles. The largest absolute Gasteiger partial charge is 0.399 e. The molecular weight excluding hydrogens is 154 g/mol. The smallest absolute Gasteiger partial charge is 0.188 e. The highest BCUT2D eigenvalue weighted by Gasteiger charge is 2.04. The number of carbonyl (C=O) groups is 1. The predicted molar refractivity (Wildman–Crippen MR) is 47.0 cm³/mol. The van der Waals surface area contributed by atoms with Crippen molar-refractivity contribution < 1.29 is 9.90 Å². The van der Waals surface area contributed by atoms with Crippen LogP contribution < -0.4 is 5.73 Å². The van der Waals surface area contributed by atoms with E-state index >= 15 is 0 Å². The van der Waals surface area contributed by atoms with Gasteiger partial charge in [0.25, 0.3) is 0 Å². The third-order valence-electron chi connectivity index (χ3n) is 1.57. The van der Waals surface area contributed by atoms with E-state index in [4.69, 9.17) is 10.8 Å². The van der Waals surface area contributed by atoms with E-state index in [9.17, 15) is 4.79 Å². The van der Waals surface area contributed by atoms with Gasteiger partial charge in [0.1, 0.15) is 6.61 Å². The molecule has 1 aromatic rings. The molecule has 0 fully saturated rings. The van der Waals surface area contributed by atoms with Crippen molar-refractivity contribution in [3.8, 4) is 0 Å². The van der Waals surface area contributed by atoms with Gasteiger partial charge in [-0.3, -0.25) is 4.79 Å². The van der Waals surface area contributed by atoms with E-state index in [0.29, 0.717) is 11.3 Å². The maximum Gasteiger partial charge on any atom is 0.188 e. The third kappa shape index (κ3) is 1.83. The number of hydrogen-bond acceptors (Lipinski definition) is 3. The molecule has 0 saturated carbocycles. The van der Waals surface area contributed by atoms with Crippen LogP contribution in [0.15, 0.2) is 18.2 Å².